The average molecular weight is 487 g/mol. The first-order valence-corrected chi connectivity index (χ1v) is 10.9. The van der Waals surface area contributed by atoms with E-state index >= 15 is 0 Å². The van der Waals surface area contributed by atoms with Crippen LogP contribution >= 0.6 is 15.9 Å². The number of halogens is 1. The second kappa shape index (κ2) is 13.3. The minimum atomic E-state index is -0.729. The fraction of sp³-hybridized carbons (Fsp3) is 0.333. The van der Waals surface area contributed by atoms with Crippen molar-refractivity contribution in [1.29, 1.82) is 0 Å². The summed E-state index contributed by atoms with van der Waals surface area (Å²) in [5.41, 5.74) is 3.15. The number of nitrogens with one attached hydrogen (secondary N) is 1. The normalized spacial score (nSPS) is 11.5. The molecule has 0 aliphatic heterocycles. The molecule has 0 saturated heterocycles. The maximum absolute atomic E-state index is 12.3. The maximum Gasteiger partial charge on any atom is 0.280 e. The summed E-state index contributed by atoms with van der Waals surface area (Å²) in [7, 11) is 0. The van der Waals surface area contributed by atoms with Crippen LogP contribution in [0, 0.1) is 12.3 Å². The molecular weight excluding hydrogens is 460 g/mol. The summed E-state index contributed by atoms with van der Waals surface area (Å²) < 4.78 is 17.7. The van der Waals surface area contributed by atoms with Crippen molar-refractivity contribution in [1.82, 2.24) is 5.43 Å². The highest BCUT2D eigenvalue weighted by atomic mass is 79.9. The van der Waals surface area contributed by atoms with E-state index in [1.807, 2.05) is 24.3 Å². The lowest BCUT2D eigenvalue weighted by Gasteiger charge is -2.13. The first kappa shape index (κ1) is 24.3. The van der Waals surface area contributed by atoms with Crippen molar-refractivity contribution >= 4 is 28.1 Å². The van der Waals surface area contributed by atoms with Gasteiger partial charge in [0.1, 0.15) is 23.9 Å². The largest absolute Gasteiger partial charge is 0.494 e. The molecule has 7 heteroatoms. The number of hydrazone groups is 1. The summed E-state index contributed by atoms with van der Waals surface area (Å²) in [6.07, 6.45) is 9.34. The number of hydrogen-bond donors (Lipinski definition) is 1. The van der Waals surface area contributed by atoms with Crippen molar-refractivity contribution < 1.29 is 19.0 Å². The molecule has 2 aromatic rings. The lowest BCUT2D eigenvalue weighted by molar-refractivity contribution is -0.127. The van der Waals surface area contributed by atoms with Crippen LogP contribution in [-0.2, 0) is 4.79 Å². The Bertz CT molecular complexity index is 907. The summed E-state index contributed by atoms with van der Waals surface area (Å²) in [4.78, 5) is 12.3. The molecule has 1 N–H and O–H groups in total. The van der Waals surface area contributed by atoms with E-state index in [1.54, 1.807) is 25.1 Å². The lowest BCUT2D eigenvalue weighted by atomic mass is 10.2. The van der Waals surface area contributed by atoms with Gasteiger partial charge in [-0.1, -0.05) is 41.6 Å². The first-order valence-electron chi connectivity index (χ1n) is 10.1. The minimum Gasteiger partial charge on any atom is -0.494 e. The van der Waals surface area contributed by atoms with E-state index in [9.17, 15) is 4.79 Å². The second-order valence-corrected chi connectivity index (χ2v) is 7.61. The number of carbonyl (C=O) groups excluding carboxylic acids is 1. The monoisotopic (exact) mass is 486 g/mol. The number of carbonyl (C=O) groups is 1. The van der Waals surface area contributed by atoms with Crippen LogP contribution in [-0.4, -0.2) is 31.4 Å². The summed E-state index contributed by atoms with van der Waals surface area (Å²) in [5, 5.41) is 4.00. The fourth-order valence-corrected chi connectivity index (χ4v) is 2.92. The van der Waals surface area contributed by atoms with Crippen LogP contribution in [0.25, 0.3) is 0 Å². The van der Waals surface area contributed by atoms with Gasteiger partial charge in [-0.05, 0) is 55.8 Å². The van der Waals surface area contributed by atoms with E-state index in [0.717, 1.165) is 29.5 Å². The van der Waals surface area contributed by atoms with E-state index in [4.69, 9.17) is 20.6 Å². The molecule has 0 saturated carbocycles. The predicted octanol–water partition coefficient (Wildman–Crippen LogP) is 4.95. The van der Waals surface area contributed by atoms with Crippen LogP contribution in [0.1, 0.15) is 38.7 Å². The zero-order valence-electron chi connectivity index (χ0n) is 17.8. The molecule has 0 aromatic heterocycles. The highest BCUT2D eigenvalue weighted by Gasteiger charge is 2.14. The van der Waals surface area contributed by atoms with Crippen molar-refractivity contribution in [3.8, 4) is 29.6 Å². The zero-order chi connectivity index (χ0) is 22.5. The van der Waals surface area contributed by atoms with E-state index in [2.05, 4.69) is 39.3 Å². The number of nitrogens with zero attached hydrogens (tertiary/aromatic N) is 1. The molecule has 0 bridgehead atoms. The van der Waals surface area contributed by atoms with Gasteiger partial charge < -0.3 is 14.2 Å². The molecule has 1 amide bonds. The van der Waals surface area contributed by atoms with E-state index < -0.39 is 6.10 Å². The van der Waals surface area contributed by atoms with E-state index in [0.29, 0.717) is 23.7 Å². The second-order valence-electron chi connectivity index (χ2n) is 6.70. The van der Waals surface area contributed by atoms with Gasteiger partial charge in [-0.25, -0.2) is 5.43 Å². The van der Waals surface area contributed by atoms with Crippen molar-refractivity contribution in [2.24, 2.45) is 5.10 Å². The molecule has 0 spiro atoms. The van der Waals surface area contributed by atoms with Crippen LogP contribution in [0.15, 0.2) is 52.0 Å². The first-order chi connectivity index (χ1) is 15.0. The van der Waals surface area contributed by atoms with Crippen LogP contribution in [0.5, 0.6) is 17.2 Å². The number of terminal acetylenes is 1. The van der Waals surface area contributed by atoms with Gasteiger partial charge in [-0.15, -0.1) is 6.42 Å². The van der Waals surface area contributed by atoms with Gasteiger partial charge >= 0.3 is 0 Å². The molecule has 1 atom stereocenters. The molecule has 164 valence electrons. The molecule has 0 radical (unpaired) electrons. The maximum atomic E-state index is 12.3. The number of amides is 1. The highest BCUT2D eigenvalue weighted by Crippen LogP contribution is 2.22. The molecule has 0 aliphatic carbocycles. The Morgan fingerprint density at radius 1 is 1.19 bits per heavy atom. The van der Waals surface area contributed by atoms with Crippen LogP contribution in [0.2, 0.25) is 0 Å². The van der Waals surface area contributed by atoms with Gasteiger partial charge in [0.15, 0.2) is 6.10 Å². The standard InChI is InChI=1S/C24H27BrN2O4/c1-4-6-7-15-29-21-9-11-22(12-10-21)31-18(3)24(28)27-26-17-19-16-20(25)8-13-23(19)30-14-5-2/h2,8-13,16-18H,4,6-7,14-15H2,1,3H3,(H,27,28)/b26-17-/t18-/m1/s1. The summed E-state index contributed by atoms with van der Waals surface area (Å²) in [5.74, 6) is 3.96. The predicted molar refractivity (Wildman–Crippen MR) is 126 cm³/mol. The minimum absolute atomic E-state index is 0.141. The summed E-state index contributed by atoms with van der Waals surface area (Å²) >= 11 is 3.40. The summed E-state index contributed by atoms with van der Waals surface area (Å²) in [6.45, 7) is 4.64. The Labute approximate surface area is 192 Å². The van der Waals surface area contributed by atoms with Crippen molar-refractivity contribution in [2.45, 2.75) is 39.2 Å². The van der Waals surface area contributed by atoms with Crippen molar-refractivity contribution in [2.75, 3.05) is 13.2 Å². The number of unbranched alkanes of at least 4 members (excludes halogenated alkanes) is 2. The third-order valence-corrected chi connectivity index (χ3v) is 4.68. The van der Waals surface area contributed by atoms with Crippen LogP contribution in [0.4, 0.5) is 0 Å². The van der Waals surface area contributed by atoms with E-state index in [1.165, 1.54) is 6.21 Å². The molecular formula is C24H27BrN2O4. The molecule has 31 heavy (non-hydrogen) atoms. The van der Waals surface area contributed by atoms with Crippen molar-refractivity contribution in [3.05, 3.63) is 52.5 Å². The lowest BCUT2D eigenvalue weighted by Crippen LogP contribution is -2.33. The number of hydrogen-bond acceptors (Lipinski definition) is 5. The number of ether oxygens (including phenoxy) is 3. The van der Waals surface area contributed by atoms with Crippen molar-refractivity contribution in [3.63, 3.8) is 0 Å². The Hall–Kier alpha value is -2.98. The Balaban J connectivity index is 1.86. The summed E-state index contributed by atoms with van der Waals surface area (Å²) in [6, 6.07) is 12.6. The molecule has 2 aromatic carbocycles. The highest BCUT2D eigenvalue weighted by molar-refractivity contribution is 9.10. The van der Waals surface area contributed by atoms with Gasteiger partial charge in [-0.3, -0.25) is 4.79 Å². The third-order valence-electron chi connectivity index (χ3n) is 4.18. The van der Waals surface area contributed by atoms with Gasteiger partial charge in [-0.2, -0.15) is 5.10 Å². The third kappa shape index (κ3) is 8.73. The fourth-order valence-electron chi connectivity index (χ4n) is 2.54. The molecule has 0 heterocycles. The topological polar surface area (TPSA) is 69.2 Å². The Morgan fingerprint density at radius 3 is 2.65 bits per heavy atom. The van der Waals surface area contributed by atoms with Gasteiger partial charge in [0, 0.05) is 10.0 Å². The average Bonchev–Trinajstić information content (AvgIpc) is 2.77. The number of rotatable bonds is 12. The van der Waals surface area contributed by atoms with Gasteiger partial charge in [0.2, 0.25) is 0 Å². The van der Waals surface area contributed by atoms with Gasteiger partial charge in [0.05, 0.1) is 12.8 Å². The Kier molecular flexibility index (Phi) is 10.5. The molecule has 0 aliphatic rings. The molecule has 0 unspecified atom stereocenters. The molecule has 2 rings (SSSR count). The Morgan fingerprint density at radius 2 is 1.94 bits per heavy atom. The van der Waals surface area contributed by atoms with Crippen LogP contribution in [0.3, 0.4) is 0 Å². The molecule has 6 nitrogen and oxygen atoms in total. The van der Waals surface area contributed by atoms with Crippen LogP contribution < -0.4 is 19.6 Å². The zero-order valence-corrected chi connectivity index (χ0v) is 19.4. The molecule has 0 fully saturated rings. The number of benzene rings is 2. The smallest absolute Gasteiger partial charge is 0.280 e. The van der Waals surface area contributed by atoms with E-state index in [-0.39, 0.29) is 12.5 Å². The van der Waals surface area contributed by atoms with Gasteiger partial charge in [0.25, 0.3) is 5.91 Å². The quantitative estimate of drug-likeness (QED) is 0.199. The SMILES string of the molecule is C#CCOc1ccc(Br)cc1/C=N\NC(=O)[C@@H](C)Oc1ccc(OCCCCC)cc1.